The summed E-state index contributed by atoms with van der Waals surface area (Å²) in [4.78, 5) is -1.11. The van der Waals surface area contributed by atoms with Crippen molar-refractivity contribution in [1.29, 1.82) is 0 Å². The van der Waals surface area contributed by atoms with Crippen LogP contribution in [-0.4, -0.2) is 14.8 Å². The van der Waals surface area contributed by atoms with Gasteiger partial charge in [-0.2, -0.15) is 0 Å². The van der Waals surface area contributed by atoms with Gasteiger partial charge in [0.1, 0.15) is 5.75 Å². The van der Waals surface area contributed by atoms with Gasteiger partial charge in [-0.3, -0.25) is 0 Å². The van der Waals surface area contributed by atoms with Crippen molar-refractivity contribution in [1.82, 2.24) is 0 Å². The normalized spacial score (nSPS) is 12.8. The zero-order valence-electron chi connectivity index (χ0n) is 8.41. The van der Waals surface area contributed by atoms with Crippen molar-refractivity contribution in [2.45, 2.75) is 17.7 Å². The van der Waals surface area contributed by atoms with Crippen LogP contribution in [0.15, 0.2) is 23.1 Å². The summed E-state index contributed by atoms with van der Waals surface area (Å²) in [5.41, 5.74) is -1.42. The molecule has 0 radical (unpaired) electrons. The molecule has 4 nitrogen and oxygen atoms in total. The molecule has 10 heteroatoms. The molecule has 18 heavy (non-hydrogen) atoms. The highest BCUT2D eigenvalue weighted by Gasteiger charge is 2.35. The topological polar surface area (TPSA) is 69.4 Å². The fourth-order valence-corrected chi connectivity index (χ4v) is 1.97. The Balaban J connectivity index is 3.46. The zero-order valence-corrected chi connectivity index (χ0v) is 9.23. The minimum absolute atomic E-state index is 0.573. The van der Waals surface area contributed by atoms with Gasteiger partial charge in [0.25, 0.3) is 6.43 Å². The van der Waals surface area contributed by atoms with Gasteiger partial charge in [-0.15, -0.1) is 13.2 Å². The predicted octanol–water partition coefficient (Wildman–Crippen LogP) is 2.17. The van der Waals surface area contributed by atoms with Crippen molar-refractivity contribution in [3.8, 4) is 5.75 Å². The Bertz CT molecular complexity index is 540. The second-order valence-corrected chi connectivity index (χ2v) is 4.59. The lowest BCUT2D eigenvalue weighted by atomic mass is 10.2. The van der Waals surface area contributed by atoms with Gasteiger partial charge in [0.2, 0.25) is 10.0 Å². The highest BCUT2D eigenvalue weighted by atomic mass is 32.2. The van der Waals surface area contributed by atoms with Crippen molar-refractivity contribution in [2.24, 2.45) is 5.14 Å². The number of nitrogens with two attached hydrogens (primary N) is 1. The van der Waals surface area contributed by atoms with E-state index in [9.17, 15) is 30.4 Å². The molecule has 0 bridgehead atoms. The van der Waals surface area contributed by atoms with Crippen LogP contribution in [-0.2, 0) is 10.0 Å². The van der Waals surface area contributed by atoms with E-state index in [1.807, 2.05) is 0 Å². The molecular formula is C8H6F5NO3S. The van der Waals surface area contributed by atoms with Crippen molar-refractivity contribution < 1.29 is 35.1 Å². The highest BCUT2D eigenvalue weighted by molar-refractivity contribution is 7.89. The summed E-state index contributed by atoms with van der Waals surface area (Å²) in [6, 6.07) is 2.05. The molecule has 0 aliphatic rings. The molecule has 0 amide bonds. The molecule has 0 atom stereocenters. The Morgan fingerprint density at radius 1 is 1.22 bits per heavy atom. The van der Waals surface area contributed by atoms with Crippen LogP contribution in [0.25, 0.3) is 0 Å². The quantitative estimate of drug-likeness (QED) is 0.868. The Morgan fingerprint density at radius 3 is 2.17 bits per heavy atom. The molecule has 0 unspecified atom stereocenters. The minimum atomic E-state index is -5.22. The van der Waals surface area contributed by atoms with Crippen molar-refractivity contribution >= 4 is 10.0 Å². The standard InChI is InChI=1S/C8H6F5NO3S/c9-7(10)6-4(17-8(11,12)13)2-1-3-5(6)18(14,15)16/h1-3,7H,(H2,14,15,16). The van der Waals surface area contributed by atoms with E-state index in [2.05, 4.69) is 9.88 Å². The Morgan fingerprint density at radius 2 is 1.78 bits per heavy atom. The van der Waals surface area contributed by atoms with E-state index in [1.165, 1.54) is 0 Å². The summed E-state index contributed by atoms with van der Waals surface area (Å²) >= 11 is 0. The Kier molecular flexibility index (Phi) is 3.81. The summed E-state index contributed by atoms with van der Waals surface area (Å²) < 4.78 is 86.4. The van der Waals surface area contributed by atoms with E-state index in [0.717, 1.165) is 6.07 Å². The second kappa shape index (κ2) is 4.69. The molecule has 0 saturated carbocycles. The van der Waals surface area contributed by atoms with Gasteiger partial charge in [0.05, 0.1) is 10.5 Å². The van der Waals surface area contributed by atoms with Gasteiger partial charge in [0, 0.05) is 0 Å². The summed E-state index contributed by atoms with van der Waals surface area (Å²) in [5, 5.41) is 4.63. The summed E-state index contributed by atoms with van der Waals surface area (Å²) in [6.07, 6.45) is -8.71. The molecular weight excluding hydrogens is 285 g/mol. The molecule has 102 valence electrons. The number of primary sulfonamides is 1. The molecule has 1 aromatic rings. The fraction of sp³-hybridized carbons (Fsp3) is 0.250. The lowest BCUT2D eigenvalue weighted by molar-refractivity contribution is -0.275. The zero-order chi connectivity index (χ0) is 14.1. The van der Waals surface area contributed by atoms with E-state index in [4.69, 9.17) is 0 Å². The molecule has 0 aliphatic carbocycles. The van der Waals surface area contributed by atoms with E-state index in [-0.39, 0.29) is 0 Å². The van der Waals surface area contributed by atoms with Gasteiger partial charge in [-0.05, 0) is 12.1 Å². The third-order valence-electron chi connectivity index (χ3n) is 1.78. The third-order valence-corrected chi connectivity index (χ3v) is 2.75. The van der Waals surface area contributed by atoms with Crippen molar-refractivity contribution in [3.05, 3.63) is 23.8 Å². The molecule has 0 heterocycles. The molecule has 0 fully saturated rings. The van der Waals surface area contributed by atoms with Crippen LogP contribution >= 0.6 is 0 Å². The van der Waals surface area contributed by atoms with Gasteiger partial charge in [0.15, 0.2) is 0 Å². The largest absolute Gasteiger partial charge is 0.573 e. The van der Waals surface area contributed by atoms with Crippen LogP contribution in [0.5, 0.6) is 5.75 Å². The average Bonchev–Trinajstić information content (AvgIpc) is 2.12. The van der Waals surface area contributed by atoms with E-state index >= 15 is 0 Å². The SMILES string of the molecule is NS(=O)(=O)c1cccc(OC(F)(F)F)c1C(F)F. The average molecular weight is 291 g/mol. The maximum Gasteiger partial charge on any atom is 0.573 e. The molecule has 1 aromatic carbocycles. The number of rotatable bonds is 3. The van der Waals surface area contributed by atoms with Crippen molar-refractivity contribution in [3.63, 3.8) is 0 Å². The number of benzene rings is 1. The number of sulfonamides is 1. The van der Waals surface area contributed by atoms with Gasteiger partial charge in [-0.25, -0.2) is 22.3 Å². The molecule has 0 aromatic heterocycles. The number of halogens is 5. The third kappa shape index (κ3) is 3.53. The first kappa shape index (κ1) is 14.6. The molecule has 0 saturated heterocycles. The Labute approximate surface area is 98.2 Å². The van der Waals surface area contributed by atoms with Crippen LogP contribution in [0.2, 0.25) is 0 Å². The lowest BCUT2D eigenvalue weighted by Crippen LogP contribution is -2.20. The van der Waals surface area contributed by atoms with E-state index in [0.29, 0.717) is 12.1 Å². The summed E-state index contributed by atoms with van der Waals surface area (Å²) in [6.45, 7) is 0. The number of hydrogen-bond acceptors (Lipinski definition) is 3. The fourth-order valence-electron chi connectivity index (χ4n) is 1.20. The van der Waals surface area contributed by atoms with Crippen LogP contribution in [0, 0.1) is 0 Å². The predicted molar refractivity (Wildman–Crippen MR) is 49.5 cm³/mol. The number of ether oxygens (including phenoxy) is 1. The molecule has 0 aliphatic heterocycles. The number of alkyl halides is 5. The van der Waals surface area contributed by atoms with Crippen LogP contribution in [0.4, 0.5) is 22.0 Å². The highest BCUT2D eigenvalue weighted by Crippen LogP contribution is 2.36. The second-order valence-electron chi connectivity index (χ2n) is 3.06. The first-order valence-corrected chi connectivity index (χ1v) is 5.76. The maximum absolute atomic E-state index is 12.6. The van der Waals surface area contributed by atoms with Crippen LogP contribution in [0.1, 0.15) is 12.0 Å². The van der Waals surface area contributed by atoms with Gasteiger partial charge in [-0.1, -0.05) is 6.07 Å². The van der Waals surface area contributed by atoms with Crippen molar-refractivity contribution in [2.75, 3.05) is 0 Å². The molecule has 2 N–H and O–H groups in total. The summed E-state index contributed by atoms with van der Waals surface area (Å²) in [7, 11) is -4.58. The minimum Gasteiger partial charge on any atom is -0.405 e. The van der Waals surface area contributed by atoms with Gasteiger partial charge >= 0.3 is 6.36 Å². The number of hydrogen-bond donors (Lipinski definition) is 1. The smallest absolute Gasteiger partial charge is 0.405 e. The summed E-state index contributed by atoms with van der Waals surface area (Å²) in [5.74, 6) is -1.30. The van der Waals surface area contributed by atoms with Crippen LogP contribution < -0.4 is 9.88 Å². The monoisotopic (exact) mass is 291 g/mol. The van der Waals surface area contributed by atoms with Crippen LogP contribution in [0.3, 0.4) is 0 Å². The van der Waals surface area contributed by atoms with Gasteiger partial charge < -0.3 is 4.74 Å². The molecule has 1 rings (SSSR count). The Hall–Kier alpha value is -1.42. The maximum atomic E-state index is 12.6. The lowest BCUT2D eigenvalue weighted by Gasteiger charge is -2.15. The van der Waals surface area contributed by atoms with E-state index < -0.39 is 39.0 Å². The molecule has 0 spiro atoms. The first-order valence-electron chi connectivity index (χ1n) is 4.22. The first-order chi connectivity index (χ1) is 8.02. The van der Waals surface area contributed by atoms with E-state index in [1.54, 1.807) is 0 Å².